The van der Waals surface area contributed by atoms with Crippen molar-refractivity contribution in [1.82, 2.24) is 0 Å². The van der Waals surface area contributed by atoms with E-state index in [9.17, 15) is 4.79 Å². The highest BCUT2D eigenvalue weighted by molar-refractivity contribution is 5.87. The van der Waals surface area contributed by atoms with Gasteiger partial charge < -0.3 is 9.47 Å². The fraction of sp³-hybridized carbons (Fsp3) is 0.188. The van der Waals surface area contributed by atoms with Crippen LogP contribution in [-0.2, 0) is 9.53 Å². The summed E-state index contributed by atoms with van der Waals surface area (Å²) in [6, 6.07) is 13.7. The fourth-order valence-corrected chi connectivity index (χ4v) is 1.71. The first-order valence-corrected chi connectivity index (χ1v) is 6.08. The summed E-state index contributed by atoms with van der Waals surface area (Å²) in [6.45, 7) is 6.80. The number of esters is 1. The number of rotatable bonds is 4. The minimum atomic E-state index is -0.648. The normalized spacial score (nSPS) is 11.9. The number of hydrogen-bond donors (Lipinski definition) is 0. The molecule has 0 aliphatic heterocycles. The highest BCUT2D eigenvalue weighted by Crippen LogP contribution is 2.21. The third-order valence-electron chi connectivity index (χ3n) is 2.64. The zero-order valence-corrected chi connectivity index (χ0v) is 11.1. The summed E-state index contributed by atoms with van der Waals surface area (Å²) in [4.78, 5) is 11.4. The number of benzene rings is 2. The third kappa shape index (κ3) is 3.35. The molecule has 0 radical (unpaired) electrons. The lowest BCUT2D eigenvalue weighted by Crippen LogP contribution is -2.21. The van der Waals surface area contributed by atoms with Crippen LogP contribution in [0, 0.1) is 0 Å². The molecule has 1 atom stereocenters. The number of carbonyl (C=O) groups is 1. The van der Waals surface area contributed by atoms with Crippen LogP contribution in [0.4, 0.5) is 0 Å². The molecule has 98 valence electrons. The maximum atomic E-state index is 11.4. The minimum absolute atomic E-state index is 0.356. The lowest BCUT2D eigenvalue weighted by Gasteiger charge is -2.15. The molecule has 0 amide bonds. The van der Waals surface area contributed by atoms with Gasteiger partial charge in [0.2, 0.25) is 6.29 Å². The van der Waals surface area contributed by atoms with Crippen molar-refractivity contribution < 1.29 is 14.3 Å². The molecule has 3 nitrogen and oxygen atoms in total. The van der Waals surface area contributed by atoms with Crippen molar-refractivity contribution in [3.63, 3.8) is 0 Å². The summed E-state index contributed by atoms with van der Waals surface area (Å²) >= 11 is 0. The predicted octanol–water partition coefficient (Wildman–Crippen LogP) is 3.68. The van der Waals surface area contributed by atoms with Gasteiger partial charge in [-0.3, -0.25) is 0 Å². The Hall–Kier alpha value is -2.29. The Morgan fingerprint density at radius 1 is 1.16 bits per heavy atom. The smallest absolute Gasteiger partial charge is 0.336 e. The fourth-order valence-electron chi connectivity index (χ4n) is 1.71. The molecule has 19 heavy (non-hydrogen) atoms. The van der Waals surface area contributed by atoms with Gasteiger partial charge in [0.1, 0.15) is 5.75 Å². The molecule has 2 aromatic rings. The minimum Gasteiger partial charge on any atom is -0.455 e. The van der Waals surface area contributed by atoms with E-state index < -0.39 is 12.3 Å². The molecule has 0 fully saturated rings. The van der Waals surface area contributed by atoms with Crippen molar-refractivity contribution in [3.05, 3.63) is 54.6 Å². The molecule has 2 aromatic carbocycles. The van der Waals surface area contributed by atoms with Crippen molar-refractivity contribution >= 4 is 16.7 Å². The molecule has 0 spiro atoms. The van der Waals surface area contributed by atoms with Crippen molar-refractivity contribution in [2.24, 2.45) is 0 Å². The van der Waals surface area contributed by atoms with Gasteiger partial charge in [0, 0.05) is 12.5 Å². The average Bonchev–Trinajstić information content (AvgIpc) is 2.38. The first-order chi connectivity index (χ1) is 9.06. The Balaban J connectivity index is 2.08. The highest BCUT2D eigenvalue weighted by Gasteiger charge is 2.11. The summed E-state index contributed by atoms with van der Waals surface area (Å²) in [5.74, 6) is 0.217. The molecule has 0 saturated carbocycles. The van der Waals surface area contributed by atoms with Gasteiger partial charge in [-0.2, -0.15) is 0 Å². The van der Waals surface area contributed by atoms with Gasteiger partial charge >= 0.3 is 5.97 Å². The molecular formula is C16H16O3. The van der Waals surface area contributed by atoms with Crippen LogP contribution < -0.4 is 4.74 Å². The van der Waals surface area contributed by atoms with Crippen molar-refractivity contribution in [3.8, 4) is 5.75 Å². The molecule has 3 heteroatoms. The monoisotopic (exact) mass is 256 g/mol. The molecule has 0 bridgehead atoms. The predicted molar refractivity (Wildman–Crippen MR) is 74.9 cm³/mol. The molecule has 0 aliphatic rings. The average molecular weight is 256 g/mol. The van der Waals surface area contributed by atoms with Gasteiger partial charge in [-0.05, 0) is 29.8 Å². The Morgan fingerprint density at radius 2 is 1.84 bits per heavy atom. The second-order valence-corrected chi connectivity index (χ2v) is 4.38. The van der Waals surface area contributed by atoms with E-state index in [-0.39, 0.29) is 0 Å². The topological polar surface area (TPSA) is 35.5 Å². The SMILES string of the molecule is C=C(C)C(=O)OC(C)Oc1ccc2ccccc2c1. The Morgan fingerprint density at radius 3 is 2.53 bits per heavy atom. The second-order valence-electron chi connectivity index (χ2n) is 4.38. The number of hydrogen-bond acceptors (Lipinski definition) is 3. The Kier molecular flexibility index (Phi) is 3.85. The van der Waals surface area contributed by atoms with E-state index in [1.807, 2.05) is 42.5 Å². The molecular weight excluding hydrogens is 240 g/mol. The summed E-state index contributed by atoms with van der Waals surface area (Å²) in [5.41, 5.74) is 0.356. The molecule has 0 heterocycles. The van der Waals surface area contributed by atoms with Crippen LogP contribution in [-0.4, -0.2) is 12.3 Å². The molecule has 0 N–H and O–H groups in total. The quantitative estimate of drug-likeness (QED) is 0.475. The van der Waals surface area contributed by atoms with E-state index in [0.717, 1.165) is 10.8 Å². The van der Waals surface area contributed by atoms with Gasteiger partial charge in [0.05, 0.1) is 0 Å². The maximum Gasteiger partial charge on any atom is 0.336 e. The summed E-state index contributed by atoms with van der Waals surface area (Å²) in [6.07, 6.45) is -0.648. The second kappa shape index (κ2) is 5.57. The first-order valence-electron chi connectivity index (χ1n) is 6.08. The van der Waals surface area contributed by atoms with Gasteiger partial charge in [-0.25, -0.2) is 4.79 Å². The molecule has 0 aliphatic carbocycles. The van der Waals surface area contributed by atoms with Gasteiger partial charge in [0.15, 0.2) is 0 Å². The zero-order chi connectivity index (χ0) is 13.8. The largest absolute Gasteiger partial charge is 0.455 e. The number of carbonyl (C=O) groups excluding carboxylic acids is 1. The summed E-state index contributed by atoms with van der Waals surface area (Å²) in [7, 11) is 0. The lowest BCUT2D eigenvalue weighted by atomic mass is 10.1. The summed E-state index contributed by atoms with van der Waals surface area (Å²) in [5, 5.41) is 2.22. The van der Waals surface area contributed by atoms with Gasteiger partial charge in [-0.15, -0.1) is 0 Å². The van der Waals surface area contributed by atoms with Gasteiger partial charge in [0.25, 0.3) is 0 Å². The van der Waals surface area contributed by atoms with Crippen LogP contribution in [0.15, 0.2) is 54.6 Å². The standard InChI is InChI=1S/C16H16O3/c1-11(2)16(17)19-12(3)18-15-9-8-13-6-4-5-7-14(13)10-15/h4-10,12H,1H2,2-3H3. The van der Waals surface area contributed by atoms with E-state index in [4.69, 9.17) is 9.47 Å². The number of ether oxygens (including phenoxy) is 2. The molecule has 0 saturated heterocycles. The van der Waals surface area contributed by atoms with Crippen LogP contribution in [0.5, 0.6) is 5.75 Å². The van der Waals surface area contributed by atoms with E-state index in [1.54, 1.807) is 13.8 Å². The van der Waals surface area contributed by atoms with Crippen LogP contribution in [0.2, 0.25) is 0 Å². The highest BCUT2D eigenvalue weighted by atomic mass is 16.7. The van der Waals surface area contributed by atoms with Crippen LogP contribution in [0.3, 0.4) is 0 Å². The van der Waals surface area contributed by atoms with Gasteiger partial charge in [-0.1, -0.05) is 36.9 Å². The van der Waals surface area contributed by atoms with Crippen molar-refractivity contribution in [1.29, 1.82) is 0 Å². The zero-order valence-electron chi connectivity index (χ0n) is 11.1. The third-order valence-corrected chi connectivity index (χ3v) is 2.64. The lowest BCUT2D eigenvalue weighted by molar-refractivity contribution is -0.156. The molecule has 0 aromatic heterocycles. The van der Waals surface area contributed by atoms with Crippen LogP contribution in [0.25, 0.3) is 10.8 Å². The number of fused-ring (bicyclic) bond motifs is 1. The van der Waals surface area contributed by atoms with E-state index in [1.165, 1.54) is 0 Å². The Labute approximate surface area is 112 Å². The van der Waals surface area contributed by atoms with Crippen molar-refractivity contribution in [2.75, 3.05) is 0 Å². The first kappa shape index (κ1) is 13.1. The van der Waals surface area contributed by atoms with Crippen LogP contribution >= 0.6 is 0 Å². The van der Waals surface area contributed by atoms with Crippen molar-refractivity contribution in [2.45, 2.75) is 20.1 Å². The Bertz CT molecular complexity index is 616. The summed E-state index contributed by atoms with van der Waals surface area (Å²) < 4.78 is 10.6. The molecule has 2 rings (SSSR count). The maximum absolute atomic E-state index is 11.4. The van der Waals surface area contributed by atoms with E-state index >= 15 is 0 Å². The van der Waals surface area contributed by atoms with E-state index in [2.05, 4.69) is 6.58 Å². The molecule has 1 unspecified atom stereocenters. The van der Waals surface area contributed by atoms with E-state index in [0.29, 0.717) is 11.3 Å². The van der Waals surface area contributed by atoms with Crippen LogP contribution in [0.1, 0.15) is 13.8 Å².